The smallest absolute Gasteiger partial charge is 0.305 e. The SMILES string of the molecule is CCC(=O)OCC=C(C)CCC=C(C)C(O)S(=O)(=O)O. The average molecular weight is 306 g/mol. The molecule has 0 rings (SSSR count). The topological polar surface area (TPSA) is 101 Å². The molecule has 0 aliphatic rings. The van der Waals surface area contributed by atoms with E-state index in [0.717, 1.165) is 5.57 Å². The van der Waals surface area contributed by atoms with Gasteiger partial charge in [0.25, 0.3) is 10.1 Å². The largest absolute Gasteiger partial charge is 0.461 e. The van der Waals surface area contributed by atoms with Gasteiger partial charge in [0, 0.05) is 6.42 Å². The molecule has 0 saturated carbocycles. The summed E-state index contributed by atoms with van der Waals surface area (Å²) in [4.78, 5) is 10.9. The number of ether oxygens (including phenoxy) is 1. The Bertz CT molecular complexity index is 475. The summed E-state index contributed by atoms with van der Waals surface area (Å²) in [7, 11) is -4.46. The quantitative estimate of drug-likeness (QED) is 0.403. The molecule has 1 atom stereocenters. The van der Waals surface area contributed by atoms with Crippen LogP contribution in [0.3, 0.4) is 0 Å². The summed E-state index contributed by atoms with van der Waals surface area (Å²) in [6.45, 7) is 5.23. The van der Waals surface area contributed by atoms with Crippen molar-refractivity contribution in [1.29, 1.82) is 0 Å². The monoisotopic (exact) mass is 306 g/mol. The summed E-state index contributed by atoms with van der Waals surface area (Å²) < 4.78 is 35.0. The number of carbonyl (C=O) groups excluding carboxylic acids is 1. The molecule has 6 nitrogen and oxygen atoms in total. The van der Waals surface area contributed by atoms with Crippen LogP contribution in [0.15, 0.2) is 23.3 Å². The third-order valence-corrected chi connectivity index (χ3v) is 3.58. The summed E-state index contributed by atoms with van der Waals surface area (Å²) in [5.41, 5.74) is -0.714. The lowest BCUT2D eigenvalue weighted by Gasteiger charge is -2.07. The fourth-order valence-electron chi connectivity index (χ4n) is 1.34. The van der Waals surface area contributed by atoms with Crippen LogP contribution in [0.4, 0.5) is 0 Å². The second kappa shape index (κ2) is 8.89. The van der Waals surface area contributed by atoms with Crippen LogP contribution < -0.4 is 0 Å². The summed E-state index contributed by atoms with van der Waals surface area (Å²) in [6, 6.07) is 0. The van der Waals surface area contributed by atoms with Gasteiger partial charge in [-0.3, -0.25) is 9.35 Å². The first kappa shape index (κ1) is 18.8. The van der Waals surface area contributed by atoms with E-state index in [9.17, 15) is 18.3 Å². The minimum atomic E-state index is -4.46. The van der Waals surface area contributed by atoms with Crippen LogP contribution in [0.25, 0.3) is 0 Å². The predicted octanol–water partition coefficient (Wildman–Crippen LogP) is 1.82. The van der Waals surface area contributed by atoms with Gasteiger partial charge >= 0.3 is 5.97 Å². The summed E-state index contributed by atoms with van der Waals surface area (Å²) in [6.07, 6.45) is 4.81. The van der Waals surface area contributed by atoms with Crippen LogP contribution in [0, 0.1) is 0 Å². The maximum Gasteiger partial charge on any atom is 0.305 e. The normalized spacial score (nSPS) is 15.1. The number of aliphatic hydroxyl groups excluding tert-OH is 1. The van der Waals surface area contributed by atoms with Crippen molar-refractivity contribution in [3.63, 3.8) is 0 Å². The molecular formula is C13H22O6S. The van der Waals surface area contributed by atoms with Gasteiger partial charge in [-0.1, -0.05) is 18.6 Å². The highest BCUT2D eigenvalue weighted by atomic mass is 32.2. The lowest BCUT2D eigenvalue weighted by molar-refractivity contribution is -0.141. The van der Waals surface area contributed by atoms with Gasteiger partial charge < -0.3 is 9.84 Å². The van der Waals surface area contributed by atoms with E-state index in [1.807, 2.05) is 6.92 Å². The highest BCUT2D eigenvalue weighted by Gasteiger charge is 2.20. The molecule has 2 N–H and O–H groups in total. The van der Waals surface area contributed by atoms with Gasteiger partial charge in [0.15, 0.2) is 0 Å². The molecule has 116 valence electrons. The first-order valence-corrected chi connectivity index (χ1v) is 7.81. The van der Waals surface area contributed by atoms with Gasteiger partial charge in [0.05, 0.1) is 0 Å². The molecule has 0 fully saturated rings. The van der Waals surface area contributed by atoms with Gasteiger partial charge in [-0.25, -0.2) is 0 Å². The van der Waals surface area contributed by atoms with Crippen molar-refractivity contribution in [2.45, 2.75) is 45.5 Å². The Hall–Kier alpha value is -1.18. The van der Waals surface area contributed by atoms with Crippen LogP contribution >= 0.6 is 0 Å². The molecule has 0 aromatic rings. The first-order valence-electron chi connectivity index (χ1n) is 6.30. The third-order valence-electron chi connectivity index (χ3n) is 2.64. The summed E-state index contributed by atoms with van der Waals surface area (Å²) in [5.74, 6) is -0.263. The van der Waals surface area contributed by atoms with Crippen LogP contribution in [-0.2, 0) is 19.6 Å². The van der Waals surface area contributed by atoms with Crippen molar-refractivity contribution in [1.82, 2.24) is 0 Å². The Balaban J connectivity index is 4.22. The lowest BCUT2D eigenvalue weighted by atomic mass is 10.1. The number of hydrogen-bond acceptors (Lipinski definition) is 5. The zero-order valence-electron chi connectivity index (χ0n) is 12.0. The maximum atomic E-state index is 10.9. The van der Waals surface area contributed by atoms with Crippen molar-refractivity contribution < 1.29 is 27.6 Å². The molecule has 0 aromatic heterocycles. The maximum absolute atomic E-state index is 10.9. The van der Waals surface area contributed by atoms with E-state index in [1.54, 1.807) is 19.1 Å². The van der Waals surface area contributed by atoms with E-state index in [-0.39, 0.29) is 18.1 Å². The molecular weight excluding hydrogens is 284 g/mol. The van der Waals surface area contributed by atoms with E-state index in [1.165, 1.54) is 6.92 Å². The van der Waals surface area contributed by atoms with Crippen LogP contribution in [-0.4, -0.2) is 36.1 Å². The van der Waals surface area contributed by atoms with E-state index in [0.29, 0.717) is 19.3 Å². The predicted molar refractivity (Wildman–Crippen MR) is 75.6 cm³/mol. The number of allylic oxidation sites excluding steroid dienone is 2. The Morgan fingerprint density at radius 1 is 1.30 bits per heavy atom. The first-order chi connectivity index (χ1) is 9.18. The van der Waals surface area contributed by atoms with Gasteiger partial charge in [-0.2, -0.15) is 8.42 Å². The van der Waals surface area contributed by atoms with Crippen molar-refractivity contribution in [2.24, 2.45) is 0 Å². The Labute approximate surface area is 119 Å². The number of rotatable bonds is 8. The van der Waals surface area contributed by atoms with E-state index in [2.05, 4.69) is 0 Å². The lowest BCUT2D eigenvalue weighted by Crippen LogP contribution is -2.20. The van der Waals surface area contributed by atoms with Gasteiger partial charge in [0.1, 0.15) is 6.61 Å². The molecule has 0 aromatic carbocycles. The average Bonchev–Trinajstić information content (AvgIpc) is 2.36. The minimum Gasteiger partial charge on any atom is -0.461 e. The Kier molecular flexibility index (Phi) is 8.36. The Morgan fingerprint density at radius 2 is 1.90 bits per heavy atom. The minimum absolute atomic E-state index is 0.178. The second-order valence-corrected chi connectivity index (χ2v) is 5.92. The Morgan fingerprint density at radius 3 is 2.40 bits per heavy atom. The highest BCUT2D eigenvalue weighted by molar-refractivity contribution is 7.86. The van der Waals surface area contributed by atoms with Gasteiger partial charge in [-0.05, 0) is 38.3 Å². The molecule has 0 amide bonds. The van der Waals surface area contributed by atoms with Crippen molar-refractivity contribution in [2.75, 3.05) is 6.61 Å². The number of hydrogen-bond donors (Lipinski definition) is 2. The van der Waals surface area contributed by atoms with Crippen molar-refractivity contribution in [3.05, 3.63) is 23.3 Å². The zero-order chi connectivity index (χ0) is 15.8. The number of aliphatic hydroxyl groups is 1. The molecule has 0 radical (unpaired) electrons. The molecule has 0 aliphatic carbocycles. The molecule has 0 heterocycles. The fraction of sp³-hybridized carbons (Fsp3) is 0.615. The summed E-state index contributed by atoms with van der Waals surface area (Å²) in [5, 5.41) is 9.27. The molecule has 1 unspecified atom stereocenters. The molecule has 0 spiro atoms. The van der Waals surface area contributed by atoms with Crippen molar-refractivity contribution in [3.8, 4) is 0 Å². The molecule has 7 heteroatoms. The van der Waals surface area contributed by atoms with E-state index >= 15 is 0 Å². The zero-order valence-corrected chi connectivity index (χ0v) is 12.8. The molecule has 0 bridgehead atoms. The van der Waals surface area contributed by atoms with E-state index < -0.39 is 15.6 Å². The molecule has 20 heavy (non-hydrogen) atoms. The second-order valence-electron chi connectivity index (χ2n) is 4.44. The molecule has 0 saturated heterocycles. The summed E-state index contributed by atoms with van der Waals surface area (Å²) >= 11 is 0. The standard InChI is InChI=1S/C13H22O6S/c1-4-12(14)19-9-8-10(2)6-5-7-11(3)13(15)20(16,17)18/h7-8,13,15H,4-6,9H2,1-3H3,(H,16,17,18). The number of carbonyl (C=O) groups is 1. The van der Waals surface area contributed by atoms with Gasteiger partial charge in [-0.15, -0.1) is 0 Å². The number of esters is 1. The van der Waals surface area contributed by atoms with Crippen LogP contribution in [0.1, 0.15) is 40.0 Å². The van der Waals surface area contributed by atoms with Crippen LogP contribution in [0.2, 0.25) is 0 Å². The molecule has 0 aliphatic heterocycles. The van der Waals surface area contributed by atoms with Crippen molar-refractivity contribution >= 4 is 16.1 Å². The van der Waals surface area contributed by atoms with E-state index in [4.69, 9.17) is 9.29 Å². The van der Waals surface area contributed by atoms with Gasteiger partial charge in [0.2, 0.25) is 5.44 Å². The third kappa shape index (κ3) is 8.08. The fourth-order valence-corrected chi connectivity index (χ4v) is 1.91. The highest BCUT2D eigenvalue weighted by Crippen LogP contribution is 2.11. The van der Waals surface area contributed by atoms with Crippen LogP contribution in [0.5, 0.6) is 0 Å².